The van der Waals surface area contributed by atoms with E-state index in [1.807, 2.05) is 42.1 Å². The molecule has 2 rings (SSSR count). The lowest BCUT2D eigenvalue weighted by molar-refractivity contribution is 0.105. The molecule has 3 nitrogen and oxygen atoms in total. The Bertz CT molecular complexity index is 341. The molecule has 1 atom stereocenters. The number of benzene rings is 1. The summed E-state index contributed by atoms with van der Waals surface area (Å²) in [4.78, 5) is 0. The van der Waals surface area contributed by atoms with Crippen molar-refractivity contribution in [3.63, 3.8) is 0 Å². The zero-order valence-corrected chi connectivity index (χ0v) is 12.1. The summed E-state index contributed by atoms with van der Waals surface area (Å²) in [5, 5.41) is 13.2. The molecule has 1 heterocycles. The van der Waals surface area contributed by atoms with E-state index >= 15 is 0 Å². The van der Waals surface area contributed by atoms with Gasteiger partial charge in [-0.2, -0.15) is 11.8 Å². The summed E-state index contributed by atoms with van der Waals surface area (Å²) in [6.07, 6.45) is 2.15. The van der Waals surface area contributed by atoms with Crippen LogP contribution in [0.3, 0.4) is 0 Å². The normalized spacial score (nSPS) is 18.2. The van der Waals surface area contributed by atoms with Crippen molar-refractivity contribution >= 4 is 11.8 Å². The minimum absolute atomic E-state index is 0.345. The van der Waals surface area contributed by atoms with E-state index in [1.54, 1.807) is 0 Å². The highest BCUT2D eigenvalue weighted by Crippen LogP contribution is 2.21. The Hall–Kier alpha value is -0.710. The number of aliphatic hydroxyl groups excluding tert-OH is 1. The van der Waals surface area contributed by atoms with E-state index in [2.05, 4.69) is 5.32 Å². The van der Waals surface area contributed by atoms with Gasteiger partial charge in [0.25, 0.3) is 0 Å². The summed E-state index contributed by atoms with van der Waals surface area (Å²) in [6, 6.07) is 9.62. The summed E-state index contributed by atoms with van der Waals surface area (Å²) >= 11 is 2.05. The van der Waals surface area contributed by atoms with Crippen LogP contribution >= 0.6 is 11.8 Å². The molecule has 1 fully saturated rings. The minimum Gasteiger partial charge on any atom is -0.491 e. The lowest BCUT2D eigenvalue weighted by Gasteiger charge is -2.22. The molecule has 0 saturated carbocycles. The molecular weight excluding hydrogens is 258 g/mol. The predicted molar refractivity (Wildman–Crippen MR) is 80.9 cm³/mol. The van der Waals surface area contributed by atoms with E-state index in [-0.39, 0.29) is 0 Å². The summed E-state index contributed by atoms with van der Waals surface area (Å²) in [7, 11) is 0. The molecule has 1 aromatic carbocycles. The summed E-state index contributed by atoms with van der Waals surface area (Å²) < 4.78 is 5.52. The SMILES string of the molecule is OC(CNCC1CCSCC1)COc1ccccc1. The minimum atomic E-state index is -0.446. The molecule has 1 aromatic rings. The Labute approximate surface area is 119 Å². The zero-order chi connectivity index (χ0) is 13.3. The number of para-hydroxylation sites is 1. The fraction of sp³-hybridized carbons (Fsp3) is 0.600. The van der Waals surface area contributed by atoms with E-state index in [4.69, 9.17) is 4.74 Å². The van der Waals surface area contributed by atoms with E-state index < -0.39 is 6.10 Å². The van der Waals surface area contributed by atoms with E-state index in [1.165, 1.54) is 24.3 Å². The Morgan fingerprint density at radius 1 is 1.26 bits per heavy atom. The van der Waals surface area contributed by atoms with Crippen LogP contribution in [0.1, 0.15) is 12.8 Å². The molecule has 0 bridgehead atoms. The quantitative estimate of drug-likeness (QED) is 0.803. The van der Waals surface area contributed by atoms with Gasteiger partial charge in [-0.1, -0.05) is 18.2 Å². The maximum atomic E-state index is 9.85. The lowest BCUT2D eigenvalue weighted by atomic mass is 10.0. The van der Waals surface area contributed by atoms with Gasteiger partial charge < -0.3 is 15.2 Å². The van der Waals surface area contributed by atoms with Crippen molar-refractivity contribution in [3.05, 3.63) is 30.3 Å². The van der Waals surface area contributed by atoms with Crippen molar-refractivity contribution in [3.8, 4) is 5.75 Å². The first-order chi connectivity index (χ1) is 9.34. The number of rotatable bonds is 7. The second-order valence-electron chi connectivity index (χ2n) is 4.99. The maximum absolute atomic E-state index is 9.85. The van der Waals surface area contributed by atoms with Gasteiger partial charge in [-0.3, -0.25) is 0 Å². The van der Waals surface area contributed by atoms with Gasteiger partial charge in [0.2, 0.25) is 0 Å². The van der Waals surface area contributed by atoms with Crippen LogP contribution in [0.15, 0.2) is 30.3 Å². The van der Waals surface area contributed by atoms with Crippen molar-refractivity contribution in [1.29, 1.82) is 0 Å². The second-order valence-corrected chi connectivity index (χ2v) is 6.22. The molecule has 0 amide bonds. The second kappa shape index (κ2) is 8.46. The van der Waals surface area contributed by atoms with E-state index in [0.29, 0.717) is 13.2 Å². The number of thioether (sulfide) groups is 1. The topological polar surface area (TPSA) is 41.5 Å². The Morgan fingerprint density at radius 2 is 2.00 bits per heavy atom. The van der Waals surface area contributed by atoms with Crippen LogP contribution in [0.4, 0.5) is 0 Å². The monoisotopic (exact) mass is 281 g/mol. The largest absolute Gasteiger partial charge is 0.491 e. The van der Waals surface area contributed by atoms with Gasteiger partial charge in [0.05, 0.1) is 0 Å². The average molecular weight is 281 g/mol. The van der Waals surface area contributed by atoms with Gasteiger partial charge in [-0.05, 0) is 48.9 Å². The fourth-order valence-corrected chi connectivity index (χ4v) is 3.38. The summed E-state index contributed by atoms with van der Waals surface area (Å²) in [5.74, 6) is 4.16. The van der Waals surface area contributed by atoms with Gasteiger partial charge in [0.1, 0.15) is 18.5 Å². The Kier molecular flexibility index (Phi) is 6.54. The molecule has 1 unspecified atom stereocenters. The standard InChI is InChI=1S/C15H23NO2S/c17-14(12-18-15-4-2-1-3-5-15)11-16-10-13-6-8-19-9-7-13/h1-5,13-14,16-17H,6-12H2. The smallest absolute Gasteiger partial charge is 0.119 e. The maximum Gasteiger partial charge on any atom is 0.119 e. The van der Waals surface area contributed by atoms with Crippen molar-refractivity contribution in [1.82, 2.24) is 5.32 Å². The highest BCUT2D eigenvalue weighted by Gasteiger charge is 2.13. The van der Waals surface area contributed by atoms with Crippen molar-refractivity contribution in [2.75, 3.05) is 31.2 Å². The van der Waals surface area contributed by atoms with Gasteiger partial charge in [-0.15, -0.1) is 0 Å². The third-order valence-electron chi connectivity index (χ3n) is 3.34. The highest BCUT2D eigenvalue weighted by molar-refractivity contribution is 7.99. The van der Waals surface area contributed by atoms with Crippen molar-refractivity contribution in [2.45, 2.75) is 18.9 Å². The fourth-order valence-electron chi connectivity index (χ4n) is 2.17. The molecule has 106 valence electrons. The van der Waals surface area contributed by atoms with Crippen LogP contribution in [0.5, 0.6) is 5.75 Å². The zero-order valence-electron chi connectivity index (χ0n) is 11.3. The van der Waals surface area contributed by atoms with Crippen molar-refractivity contribution < 1.29 is 9.84 Å². The molecule has 0 spiro atoms. The molecule has 1 aliphatic rings. The van der Waals surface area contributed by atoms with Crippen LogP contribution in [0.2, 0.25) is 0 Å². The molecule has 0 aliphatic carbocycles. The molecule has 0 radical (unpaired) electrons. The molecule has 1 aliphatic heterocycles. The molecule has 2 N–H and O–H groups in total. The number of aliphatic hydroxyl groups is 1. The van der Waals surface area contributed by atoms with Crippen LogP contribution in [-0.4, -0.2) is 42.4 Å². The van der Waals surface area contributed by atoms with Crippen LogP contribution < -0.4 is 10.1 Å². The first kappa shape index (κ1) is 14.7. The van der Waals surface area contributed by atoms with Crippen LogP contribution in [-0.2, 0) is 0 Å². The number of nitrogens with one attached hydrogen (secondary N) is 1. The molecule has 0 aromatic heterocycles. The van der Waals surface area contributed by atoms with Gasteiger partial charge in [-0.25, -0.2) is 0 Å². The Balaban J connectivity index is 1.55. The van der Waals surface area contributed by atoms with Crippen LogP contribution in [0.25, 0.3) is 0 Å². The third kappa shape index (κ3) is 5.85. The predicted octanol–water partition coefficient (Wildman–Crippen LogP) is 2.16. The van der Waals surface area contributed by atoms with Gasteiger partial charge >= 0.3 is 0 Å². The third-order valence-corrected chi connectivity index (χ3v) is 4.39. The summed E-state index contributed by atoms with van der Waals surface area (Å²) in [6.45, 7) is 1.97. The van der Waals surface area contributed by atoms with Crippen molar-refractivity contribution in [2.24, 2.45) is 5.92 Å². The highest BCUT2D eigenvalue weighted by atomic mass is 32.2. The summed E-state index contributed by atoms with van der Waals surface area (Å²) in [5.41, 5.74) is 0. The average Bonchev–Trinajstić information content (AvgIpc) is 2.47. The number of hydrogen-bond donors (Lipinski definition) is 2. The molecule has 19 heavy (non-hydrogen) atoms. The molecular formula is C15H23NO2S. The molecule has 4 heteroatoms. The van der Waals surface area contributed by atoms with Crippen LogP contribution in [0, 0.1) is 5.92 Å². The van der Waals surface area contributed by atoms with Gasteiger partial charge in [0.15, 0.2) is 0 Å². The Morgan fingerprint density at radius 3 is 2.74 bits per heavy atom. The lowest BCUT2D eigenvalue weighted by Crippen LogP contribution is -2.35. The first-order valence-corrected chi connectivity index (χ1v) is 8.14. The molecule has 1 saturated heterocycles. The first-order valence-electron chi connectivity index (χ1n) is 6.99. The number of hydrogen-bond acceptors (Lipinski definition) is 4. The van der Waals surface area contributed by atoms with E-state index in [9.17, 15) is 5.11 Å². The van der Waals surface area contributed by atoms with Gasteiger partial charge in [0, 0.05) is 6.54 Å². The number of ether oxygens (including phenoxy) is 1. The van der Waals surface area contributed by atoms with E-state index in [0.717, 1.165) is 18.2 Å².